The van der Waals surface area contributed by atoms with E-state index in [4.69, 9.17) is 4.98 Å². The van der Waals surface area contributed by atoms with Crippen LogP contribution in [0.5, 0.6) is 0 Å². The lowest BCUT2D eigenvalue weighted by Crippen LogP contribution is -1.99. The van der Waals surface area contributed by atoms with Gasteiger partial charge >= 0.3 is 0 Å². The largest absolute Gasteiger partial charge is 0.324 e. The van der Waals surface area contributed by atoms with Gasteiger partial charge in [-0.05, 0) is 25.1 Å². The Morgan fingerprint density at radius 3 is 2.58 bits per heavy atom. The van der Waals surface area contributed by atoms with Crippen molar-refractivity contribution in [3.63, 3.8) is 0 Å². The molecule has 0 saturated carbocycles. The van der Waals surface area contributed by atoms with Crippen LogP contribution in [-0.4, -0.2) is 31.3 Å². The van der Waals surface area contributed by atoms with Crippen molar-refractivity contribution < 1.29 is 4.39 Å². The van der Waals surface area contributed by atoms with Gasteiger partial charge in [0.05, 0.1) is 5.52 Å². The fraction of sp³-hybridized carbons (Fsp3) is 0.211. The molecule has 0 aliphatic rings. The molecular weight excluding hydrogens is 367 g/mol. The third-order valence-electron chi connectivity index (χ3n) is 4.08. The molecule has 0 N–H and O–H groups in total. The lowest BCUT2D eigenvalue weighted by Gasteiger charge is -2.04. The van der Waals surface area contributed by atoms with Gasteiger partial charge < -0.3 is 4.57 Å². The molecule has 0 aliphatic heterocycles. The van der Waals surface area contributed by atoms with Gasteiger partial charge in [0, 0.05) is 28.3 Å². The molecule has 4 nitrogen and oxygen atoms in total. The average Bonchev–Trinajstić information content (AvgIpc) is 2.99. The quantitative estimate of drug-likeness (QED) is 0.345. The Labute approximate surface area is 159 Å². The van der Waals surface area contributed by atoms with Gasteiger partial charge in [-0.2, -0.15) is 0 Å². The summed E-state index contributed by atoms with van der Waals surface area (Å²) in [5, 5.41) is 10.4. The van der Waals surface area contributed by atoms with E-state index in [0.717, 1.165) is 40.1 Å². The van der Waals surface area contributed by atoms with Crippen LogP contribution in [-0.2, 0) is 6.54 Å². The minimum Gasteiger partial charge on any atom is -0.324 e. The molecule has 0 amide bonds. The summed E-state index contributed by atoms with van der Waals surface area (Å²) in [6.45, 7) is 2.93. The van der Waals surface area contributed by atoms with E-state index in [9.17, 15) is 4.39 Å². The Morgan fingerprint density at radius 2 is 1.73 bits per heavy atom. The first-order valence-electron chi connectivity index (χ1n) is 8.39. The third-order valence-corrected chi connectivity index (χ3v) is 6.23. The second-order valence-electron chi connectivity index (χ2n) is 5.66. The van der Waals surface area contributed by atoms with Gasteiger partial charge in [0.25, 0.3) is 0 Å². The summed E-state index contributed by atoms with van der Waals surface area (Å²) in [7, 11) is 0. The molecule has 4 rings (SSSR count). The van der Waals surface area contributed by atoms with E-state index in [1.165, 1.54) is 17.8 Å². The number of aromatic nitrogens is 4. The number of rotatable bonds is 6. The van der Waals surface area contributed by atoms with Crippen molar-refractivity contribution in [2.75, 3.05) is 11.5 Å². The number of thioether (sulfide) groups is 2. The summed E-state index contributed by atoms with van der Waals surface area (Å²) < 4.78 is 15.8. The highest BCUT2D eigenvalue weighted by molar-refractivity contribution is 8.02. The highest BCUT2D eigenvalue weighted by Gasteiger charge is 2.13. The molecule has 132 valence electrons. The highest BCUT2D eigenvalue weighted by atomic mass is 32.2. The lowest BCUT2D eigenvalue weighted by atomic mass is 10.2. The predicted octanol–water partition coefficient (Wildman–Crippen LogP) is 5.02. The number of para-hydroxylation sites is 1. The average molecular weight is 385 g/mol. The molecule has 4 aromatic rings. The molecule has 0 atom stereocenters. The maximum absolute atomic E-state index is 13.6. The Morgan fingerprint density at radius 1 is 0.962 bits per heavy atom. The topological polar surface area (TPSA) is 43.6 Å². The number of fused-ring (bicyclic) bond motifs is 3. The molecule has 7 heteroatoms. The second kappa shape index (κ2) is 7.63. The predicted molar refractivity (Wildman–Crippen MR) is 106 cm³/mol. The van der Waals surface area contributed by atoms with Crippen LogP contribution < -0.4 is 0 Å². The lowest BCUT2D eigenvalue weighted by molar-refractivity contribution is 0.602. The normalized spacial score (nSPS) is 11.5. The molecular formula is C19H17FN4S2. The van der Waals surface area contributed by atoms with Crippen molar-refractivity contribution in [2.45, 2.75) is 23.5 Å². The van der Waals surface area contributed by atoms with Gasteiger partial charge in [-0.25, -0.2) is 9.37 Å². The van der Waals surface area contributed by atoms with Crippen LogP contribution >= 0.6 is 23.5 Å². The SMILES string of the molecule is CCn1c2ccccc2c2nnc(SCCSc3ccccc3F)nc21. The first kappa shape index (κ1) is 17.3. The number of hydrogen-bond donors (Lipinski definition) is 0. The maximum atomic E-state index is 13.6. The minimum atomic E-state index is -0.172. The highest BCUT2D eigenvalue weighted by Crippen LogP contribution is 2.28. The monoisotopic (exact) mass is 384 g/mol. The molecule has 0 aliphatic carbocycles. The van der Waals surface area contributed by atoms with Crippen molar-refractivity contribution >= 4 is 45.6 Å². The van der Waals surface area contributed by atoms with E-state index in [1.54, 1.807) is 23.9 Å². The van der Waals surface area contributed by atoms with Gasteiger partial charge in [0.15, 0.2) is 5.65 Å². The van der Waals surface area contributed by atoms with E-state index in [-0.39, 0.29) is 5.82 Å². The zero-order valence-corrected chi connectivity index (χ0v) is 15.9. The molecule has 0 saturated heterocycles. The standard InChI is InChI=1S/C19H17FN4S2/c1-2-24-15-9-5-3-7-13(15)17-18(24)21-19(23-22-17)26-12-11-25-16-10-6-4-8-14(16)20/h3-10H,2,11-12H2,1H3. The number of hydrogen-bond acceptors (Lipinski definition) is 5. The molecule has 0 fully saturated rings. The second-order valence-corrected chi connectivity index (χ2v) is 7.85. The first-order chi connectivity index (χ1) is 12.8. The Kier molecular flexibility index (Phi) is 5.08. The minimum absolute atomic E-state index is 0.172. The Hall–Kier alpha value is -2.12. The van der Waals surface area contributed by atoms with Crippen LogP contribution in [0.2, 0.25) is 0 Å². The smallest absolute Gasteiger partial charge is 0.211 e. The fourth-order valence-electron chi connectivity index (χ4n) is 2.92. The van der Waals surface area contributed by atoms with Crippen LogP contribution in [0.3, 0.4) is 0 Å². The molecule has 0 bridgehead atoms. The molecule has 0 unspecified atom stereocenters. The first-order valence-corrected chi connectivity index (χ1v) is 10.4. The molecule has 2 heterocycles. The number of nitrogens with zero attached hydrogens (tertiary/aromatic N) is 4. The van der Waals surface area contributed by atoms with E-state index >= 15 is 0 Å². The van der Waals surface area contributed by atoms with Crippen LogP contribution in [0, 0.1) is 5.82 Å². The van der Waals surface area contributed by atoms with Crippen LogP contribution in [0.15, 0.2) is 58.6 Å². The molecule has 0 spiro atoms. The summed E-state index contributed by atoms with van der Waals surface area (Å²) in [6, 6.07) is 15.0. The Bertz CT molecular complexity index is 1060. The van der Waals surface area contributed by atoms with E-state index in [0.29, 0.717) is 10.1 Å². The van der Waals surface area contributed by atoms with E-state index < -0.39 is 0 Å². The Balaban J connectivity index is 1.51. The van der Waals surface area contributed by atoms with Crippen molar-refractivity contribution in [3.8, 4) is 0 Å². The van der Waals surface area contributed by atoms with Crippen LogP contribution in [0.4, 0.5) is 4.39 Å². The molecule has 2 aromatic heterocycles. The molecule has 0 radical (unpaired) electrons. The zero-order valence-electron chi connectivity index (χ0n) is 14.2. The third kappa shape index (κ3) is 3.29. The number of halogens is 1. The van der Waals surface area contributed by atoms with Gasteiger partial charge in [0.1, 0.15) is 11.3 Å². The zero-order chi connectivity index (χ0) is 17.9. The van der Waals surface area contributed by atoms with Crippen LogP contribution in [0.1, 0.15) is 6.92 Å². The van der Waals surface area contributed by atoms with Crippen molar-refractivity contribution in [1.29, 1.82) is 0 Å². The molecule has 2 aromatic carbocycles. The van der Waals surface area contributed by atoms with Crippen molar-refractivity contribution in [3.05, 3.63) is 54.3 Å². The van der Waals surface area contributed by atoms with Gasteiger partial charge in [-0.3, -0.25) is 0 Å². The summed E-state index contributed by atoms with van der Waals surface area (Å²) in [4.78, 5) is 5.39. The summed E-state index contributed by atoms with van der Waals surface area (Å²) in [5.41, 5.74) is 2.84. The van der Waals surface area contributed by atoms with Crippen molar-refractivity contribution in [2.24, 2.45) is 0 Å². The summed E-state index contributed by atoms with van der Waals surface area (Å²) >= 11 is 3.05. The number of aryl methyl sites for hydroxylation is 1. The maximum Gasteiger partial charge on any atom is 0.211 e. The summed E-state index contributed by atoms with van der Waals surface area (Å²) in [5.74, 6) is 1.40. The van der Waals surface area contributed by atoms with E-state index in [2.05, 4.69) is 33.8 Å². The van der Waals surface area contributed by atoms with Gasteiger partial charge in [-0.1, -0.05) is 42.1 Å². The van der Waals surface area contributed by atoms with E-state index in [1.807, 2.05) is 18.2 Å². The van der Waals surface area contributed by atoms with Gasteiger partial charge in [-0.15, -0.1) is 22.0 Å². The number of benzene rings is 2. The fourth-order valence-corrected chi connectivity index (χ4v) is 4.62. The molecule has 26 heavy (non-hydrogen) atoms. The van der Waals surface area contributed by atoms with Gasteiger partial charge in [0.2, 0.25) is 5.16 Å². The van der Waals surface area contributed by atoms with Crippen molar-refractivity contribution in [1.82, 2.24) is 19.7 Å². The summed E-state index contributed by atoms with van der Waals surface area (Å²) in [6.07, 6.45) is 0. The van der Waals surface area contributed by atoms with Crippen LogP contribution in [0.25, 0.3) is 22.1 Å².